The molecular formula is C22H23ClN2O3S. The van der Waals surface area contributed by atoms with Gasteiger partial charge < -0.3 is 4.90 Å². The number of hydrogen-bond donors (Lipinski definition) is 0. The van der Waals surface area contributed by atoms with Gasteiger partial charge in [0.15, 0.2) is 9.84 Å². The topological polar surface area (TPSA) is 57.7 Å². The van der Waals surface area contributed by atoms with E-state index in [1.165, 1.54) is 17.0 Å². The van der Waals surface area contributed by atoms with E-state index in [1.807, 2.05) is 23.1 Å². The van der Waals surface area contributed by atoms with Crippen LogP contribution in [-0.4, -0.2) is 56.8 Å². The molecule has 2 aliphatic heterocycles. The second-order valence-corrected chi connectivity index (χ2v) is 8.77. The number of piperazine rings is 1. The molecule has 0 bridgehead atoms. The van der Waals surface area contributed by atoms with Gasteiger partial charge in [0.2, 0.25) is 0 Å². The molecule has 0 saturated carbocycles. The van der Waals surface area contributed by atoms with Crippen molar-refractivity contribution >= 4 is 40.3 Å². The Bertz CT molecular complexity index is 1040. The van der Waals surface area contributed by atoms with Crippen LogP contribution < -0.4 is 0 Å². The zero-order chi connectivity index (χ0) is 19.6. The van der Waals surface area contributed by atoms with E-state index in [1.54, 1.807) is 18.2 Å². The van der Waals surface area contributed by atoms with E-state index in [-0.39, 0.29) is 23.2 Å². The average molecular weight is 431 g/mol. The molecule has 0 atom stereocenters. The average Bonchev–Trinajstić information content (AvgIpc) is 3.04. The lowest BCUT2D eigenvalue weighted by atomic mass is 10.1. The Morgan fingerprint density at radius 1 is 0.966 bits per heavy atom. The Morgan fingerprint density at radius 2 is 1.69 bits per heavy atom. The van der Waals surface area contributed by atoms with Crippen molar-refractivity contribution in [1.29, 1.82) is 0 Å². The van der Waals surface area contributed by atoms with Crippen LogP contribution in [0.2, 0.25) is 0 Å². The minimum atomic E-state index is -3.40. The summed E-state index contributed by atoms with van der Waals surface area (Å²) >= 11 is 0. The fraction of sp³-hybridized carbons (Fsp3) is 0.227. The van der Waals surface area contributed by atoms with Gasteiger partial charge in [0, 0.05) is 49.3 Å². The molecule has 0 unspecified atom stereocenters. The summed E-state index contributed by atoms with van der Waals surface area (Å²) in [4.78, 5) is 17.3. The number of hydrogen-bond acceptors (Lipinski definition) is 4. The predicted octanol–water partition coefficient (Wildman–Crippen LogP) is 3.34. The number of carbonyl (C=O) groups is 1. The van der Waals surface area contributed by atoms with Crippen LogP contribution in [0, 0.1) is 0 Å². The van der Waals surface area contributed by atoms with Gasteiger partial charge in [-0.05, 0) is 23.8 Å². The van der Waals surface area contributed by atoms with Crippen molar-refractivity contribution in [2.45, 2.75) is 4.90 Å². The van der Waals surface area contributed by atoms with Crippen LogP contribution in [0.4, 0.5) is 0 Å². The minimum absolute atomic E-state index is 0. The number of nitrogens with zero attached hydrogens (tertiary/aromatic N) is 2. The summed E-state index contributed by atoms with van der Waals surface area (Å²) in [5, 5.41) is 1.17. The molecule has 29 heavy (non-hydrogen) atoms. The fourth-order valence-corrected chi connectivity index (χ4v) is 4.80. The first-order valence-corrected chi connectivity index (χ1v) is 10.9. The Balaban J connectivity index is 0.00000240. The molecule has 0 aliphatic carbocycles. The summed E-state index contributed by atoms with van der Waals surface area (Å²) < 4.78 is 24.1. The van der Waals surface area contributed by atoms with E-state index < -0.39 is 9.84 Å². The molecule has 1 saturated heterocycles. The van der Waals surface area contributed by atoms with E-state index in [0.717, 1.165) is 19.6 Å². The van der Waals surface area contributed by atoms with Crippen LogP contribution in [0.25, 0.3) is 12.2 Å². The molecule has 2 aromatic rings. The van der Waals surface area contributed by atoms with Gasteiger partial charge in [-0.15, -0.1) is 12.4 Å². The lowest BCUT2D eigenvalue weighted by Crippen LogP contribution is -2.48. The Morgan fingerprint density at radius 3 is 2.41 bits per heavy atom. The highest BCUT2D eigenvalue weighted by Crippen LogP contribution is 2.30. The van der Waals surface area contributed by atoms with Crippen molar-refractivity contribution in [3.8, 4) is 0 Å². The summed E-state index contributed by atoms with van der Waals surface area (Å²) in [7, 11) is -3.40. The van der Waals surface area contributed by atoms with Crippen molar-refractivity contribution in [2.75, 3.05) is 32.7 Å². The van der Waals surface area contributed by atoms with Crippen LogP contribution >= 0.6 is 12.4 Å². The van der Waals surface area contributed by atoms with Crippen molar-refractivity contribution in [1.82, 2.24) is 9.80 Å². The maximum absolute atomic E-state index is 12.9. The van der Waals surface area contributed by atoms with Gasteiger partial charge in [-0.3, -0.25) is 9.69 Å². The van der Waals surface area contributed by atoms with Gasteiger partial charge >= 0.3 is 0 Å². The first-order valence-electron chi connectivity index (χ1n) is 9.34. The molecule has 1 amide bonds. The van der Waals surface area contributed by atoms with Crippen LogP contribution in [0.5, 0.6) is 0 Å². The molecule has 2 aromatic carbocycles. The zero-order valence-corrected chi connectivity index (χ0v) is 17.5. The van der Waals surface area contributed by atoms with Crippen LogP contribution in [0.1, 0.15) is 21.5 Å². The third-order valence-corrected chi connectivity index (χ3v) is 6.61. The van der Waals surface area contributed by atoms with Gasteiger partial charge in [0.25, 0.3) is 5.91 Å². The number of amides is 1. The van der Waals surface area contributed by atoms with Gasteiger partial charge in [-0.25, -0.2) is 8.42 Å². The second kappa shape index (κ2) is 8.95. The number of halogens is 1. The summed E-state index contributed by atoms with van der Waals surface area (Å²) in [6, 6.07) is 15.1. The van der Waals surface area contributed by atoms with Crippen molar-refractivity contribution in [2.24, 2.45) is 0 Å². The molecule has 152 valence electrons. The molecule has 2 aliphatic rings. The molecular weight excluding hydrogens is 408 g/mol. The summed E-state index contributed by atoms with van der Waals surface area (Å²) in [6.45, 7) is 3.72. The van der Waals surface area contributed by atoms with Gasteiger partial charge in [-0.2, -0.15) is 0 Å². The predicted molar refractivity (Wildman–Crippen MR) is 118 cm³/mol. The second-order valence-electron chi connectivity index (χ2n) is 6.97. The number of carbonyl (C=O) groups excluding carboxylic acids is 1. The number of fused-ring (bicyclic) bond motifs is 1. The number of sulfone groups is 1. The van der Waals surface area contributed by atoms with Crippen molar-refractivity contribution < 1.29 is 13.2 Å². The highest BCUT2D eigenvalue weighted by Gasteiger charge is 2.28. The largest absolute Gasteiger partial charge is 0.336 e. The molecule has 5 nitrogen and oxygen atoms in total. The number of benzene rings is 2. The highest BCUT2D eigenvalue weighted by atomic mass is 35.5. The molecule has 0 N–H and O–H groups in total. The van der Waals surface area contributed by atoms with Crippen LogP contribution in [-0.2, 0) is 9.84 Å². The van der Waals surface area contributed by atoms with E-state index >= 15 is 0 Å². The normalized spacial score (nSPS) is 17.9. The maximum Gasteiger partial charge on any atom is 0.254 e. The monoisotopic (exact) mass is 430 g/mol. The number of rotatable bonds is 4. The molecule has 0 aromatic heterocycles. The van der Waals surface area contributed by atoms with Gasteiger partial charge in [0.05, 0.1) is 4.90 Å². The van der Waals surface area contributed by atoms with E-state index in [2.05, 4.69) is 29.2 Å². The van der Waals surface area contributed by atoms with E-state index in [9.17, 15) is 13.2 Å². The lowest BCUT2D eigenvalue weighted by molar-refractivity contribution is 0.0650. The van der Waals surface area contributed by atoms with Gasteiger partial charge in [-0.1, -0.05) is 48.6 Å². The minimum Gasteiger partial charge on any atom is -0.336 e. The molecule has 2 heterocycles. The maximum atomic E-state index is 12.9. The van der Waals surface area contributed by atoms with Crippen molar-refractivity contribution in [3.05, 3.63) is 76.7 Å². The van der Waals surface area contributed by atoms with Crippen molar-refractivity contribution in [3.63, 3.8) is 0 Å². The molecule has 0 spiro atoms. The first kappa shape index (κ1) is 21.3. The lowest BCUT2D eigenvalue weighted by Gasteiger charge is -2.34. The summed E-state index contributed by atoms with van der Waals surface area (Å²) in [5.41, 5.74) is 2.16. The fourth-order valence-electron chi connectivity index (χ4n) is 3.59. The van der Waals surface area contributed by atoms with Crippen LogP contribution in [0.15, 0.2) is 64.9 Å². The molecule has 1 fully saturated rings. The van der Waals surface area contributed by atoms with Crippen LogP contribution in [0.3, 0.4) is 0 Å². The first-order chi connectivity index (χ1) is 13.5. The third-order valence-electron chi connectivity index (χ3n) is 5.15. The smallest absolute Gasteiger partial charge is 0.254 e. The molecule has 4 rings (SSSR count). The zero-order valence-electron chi connectivity index (χ0n) is 15.9. The molecule has 7 heteroatoms. The SMILES string of the molecule is Cl.O=C(c1cccc2c1C=CS2(=O)=O)N1CCN(CC=Cc2ccccc2)CC1. The van der Waals surface area contributed by atoms with Gasteiger partial charge in [0.1, 0.15) is 0 Å². The van der Waals surface area contributed by atoms with E-state index in [0.29, 0.717) is 24.2 Å². The Hall–Kier alpha value is -2.41. The van der Waals surface area contributed by atoms with E-state index in [4.69, 9.17) is 0 Å². The highest BCUT2D eigenvalue weighted by molar-refractivity contribution is 7.94. The third kappa shape index (κ3) is 4.61. The quantitative estimate of drug-likeness (QED) is 0.746. The summed E-state index contributed by atoms with van der Waals surface area (Å²) in [6.07, 6.45) is 5.78. The summed E-state index contributed by atoms with van der Waals surface area (Å²) in [5.74, 6) is -0.0990. The standard InChI is InChI=1S/C22H22N2O3S.ClH/c25-22(20-9-4-10-21-19(20)11-17-28(21,26)27)24-15-13-23(14-16-24)12-5-8-18-6-2-1-3-7-18;/h1-11,17H,12-16H2;1H. The Kier molecular flexibility index (Phi) is 6.57. The Labute approximate surface area is 177 Å². The molecule has 0 radical (unpaired) electrons.